The van der Waals surface area contributed by atoms with Gasteiger partial charge in [0, 0.05) is 29.3 Å². The van der Waals surface area contributed by atoms with Gasteiger partial charge in [-0.15, -0.1) is 0 Å². The van der Waals surface area contributed by atoms with E-state index in [4.69, 9.17) is 5.73 Å². The summed E-state index contributed by atoms with van der Waals surface area (Å²) in [6, 6.07) is 6.88. The predicted octanol–water partition coefficient (Wildman–Crippen LogP) is 3.82. The van der Waals surface area contributed by atoms with E-state index < -0.39 is 0 Å². The van der Waals surface area contributed by atoms with Crippen LogP contribution in [0.5, 0.6) is 0 Å². The first-order valence-electron chi connectivity index (χ1n) is 7.30. The Hall–Kier alpha value is -0.540. The molecule has 1 heterocycles. The van der Waals surface area contributed by atoms with E-state index in [9.17, 15) is 0 Å². The summed E-state index contributed by atoms with van der Waals surface area (Å²) in [5.41, 5.74) is 8.90. The van der Waals surface area contributed by atoms with Gasteiger partial charge in [-0.2, -0.15) is 0 Å². The number of hydrogen-bond donors (Lipinski definition) is 1. The van der Waals surface area contributed by atoms with Gasteiger partial charge in [-0.3, -0.25) is 0 Å². The van der Waals surface area contributed by atoms with Crippen molar-refractivity contribution in [1.82, 2.24) is 0 Å². The zero-order valence-corrected chi connectivity index (χ0v) is 13.8. The summed E-state index contributed by atoms with van der Waals surface area (Å²) in [5, 5.41) is 0. The van der Waals surface area contributed by atoms with Gasteiger partial charge in [-0.05, 0) is 48.4 Å². The first-order valence-corrected chi connectivity index (χ1v) is 8.09. The van der Waals surface area contributed by atoms with Gasteiger partial charge in [0.25, 0.3) is 0 Å². The van der Waals surface area contributed by atoms with Gasteiger partial charge in [0.05, 0.1) is 0 Å². The van der Waals surface area contributed by atoms with Crippen LogP contribution >= 0.6 is 15.9 Å². The standard InChI is InChI=1S/C16H25BrN2/c1-4-15(18)8-13-7-14(17)5-6-16(13)19-9-11(2)12(3)10-19/h5-7,11-12,15H,4,8-10,18H2,1-3H3. The summed E-state index contributed by atoms with van der Waals surface area (Å²) in [4.78, 5) is 2.53. The van der Waals surface area contributed by atoms with Crippen LogP contribution in [0.4, 0.5) is 5.69 Å². The van der Waals surface area contributed by atoms with Crippen LogP contribution < -0.4 is 10.6 Å². The second-order valence-electron chi connectivity index (χ2n) is 6.01. The van der Waals surface area contributed by atoms with E-state index in [1.807, 2.05) is 0 Å². The molecule has 0 radical (unpaired) electrons. The predicted molar refractivity (Wildman–Crippen MR) is 86.7 cm³/mol. The quantitative estimate of drug-likeness (QED) is 0.912. The van der Waals surface area contributed by atoms with Crippen molar-refractivity contribution in [3.05, 3.63) is 28.2 Å². The van der Waals surface area contributed by atoms with Crippen LogP contribution in [0.15, 0.2) is 22.7 Å². The SMILES string of the molecule is CCC(N)Cc1cc(Br)ccc1N1CC(C)C(C)C1. The average Bonchev–Trinajstić information content (AvgIpc) is 2.69. The van der Waals surface area contributed by atoms with Crippen molar-refractivity contribution < 1.29 is 0 Å². The third-order valence-corrected chi connectivity index (χ3v) is 4.87. The Labute approximate surface area is 125 Å². The monoisotopic (exact) mass is 324 g/mol. The molecular weight excluding hydrogens is 300 g/mol. The maximum absolute atomic E-state index is 6.14. The topological polar surface area (TPSA) is 29.3 Å². The number of hydrogen-bond acceptors (Lipinski definition) is 2. The van der Waals surface area contributed by atoms with E-state index in [0.717, 1.165) is 42.2 Å². The minimum Gasteiger partial charge on any atom is -0.371 e. The third kappa shape index (κ3) is 3.51. The fourth-order valence-electron chi connectivity index (χ4n) is 2.78. The molecule has 19 heavy (non-hydrogen) atoms. The van der Waals surface area contributed by atoms with Crippen molar-refractivity contribution in [1.29, 1.82) is 0 Å². The lowest BCUT2D eigenvalue weighted by Crippen LogP contribution is -2.25. The van der Waals surface area contributed by atoms with Gasteiger partial charge in [0.1, 0.15) is 0 Å². The second-order valence-corrected chi connectivity index (χ2v) is 6.92. The summed E-state index contributed by atoms with van der Waals surface area (Å²) in [6.45, 7) is 9.18. The highest BCUT2D eigenvalue weighted by Crippen LogP contribution is 2.32. The first kappa shape index (κ1) is 14.9. The van der Waals surface area contributed by atoms with Crippen LogP contribution in [-0.2, 0) is 6.42 Å². The van der Waals surface area contributed by atoms with Crippen LogP contribution in [0.3, 0.4) is 0 Å². The molecule has 0 spiro atoms. The van der Waals surface area contributed by atoms with Crippen molar-refractivity contribution in [3.8, 4) is 0 Å². The molecule has 2 N–H and O–H groups in total. The molecule has 3 unspecified atom stereocenters. The smallest absolute Gasteiger partial charge is 0.0400 e. The number of nitrogens with two attached hydrogens (primary N) is 1. The number of benzene rings is 1. The molecule has 1 aliphatic rings. The zero-order chi connectivity index (χ0) is 14.0. The minimum absolute atomic E-state index is 0.255. The Bertz CT molecular complexity index is 423. The highest BCUT2D eigenvalue weighted by molar-refractivity contribution is 9.10. The Morgan fingerprint density at radius 3 is 2.53 bits per heavy atom. The van der Waals surface area contributed by atoms with E-state index >= 15 is 0 Å². The lowest BCUT2D eigenvalue weighted by molar-refractivity contribution is 0.494. The summed E-state index contributed by atoms with van der Waals surface area (Å²) in [5.74, 6) is 1.55. The summed E-state index contributed by atoms with van der Waals surface area (Å²) in [7, 11) is 0. The number of halogens is 1. The minimum atomic E-state index is 0.255. The maximum Gasteiger partial charge on any atom is 0.0400 e. The molecule has 0 amide bonds. The van der Waals surface area contributed by atoms with Crippen molar-refractivity contribution in [2.45, 2.75) is 39.7 Å². The molecule has 0 saturated carbocycles. The molecule has 1 saturated heterocycles. The van der Waals surface area contributed by atoms with Gasteiger partial charge < -0.3 is 10.6 Å². The molecule has 106 valence electrons. The van der Waals surface area contributed by atoms with Gasteiger partial charge in [-0.25, -0.2) is 0 Å². The van der Waals surface area contributed by atoms with E-state index in [1.54, 1.807) is 0 Å². The van der Waals surface area contributed by atoms with Crippen molar-refractivity contribution in [2.24, 2.45) is 17.6 Å². The molecule has 3 atom stereocenters. The fraction of sp³-hybridized carbons (Fsp3) is 0.625. The van der Waals surface area contributed by atoms with E-state index in [-0.39, 0.29) is 6.04 Å². The Balaban J connectivity index is 2.24. The number of anilines is 1. The first-order chi connectivity index (χ1) is 9.01. The Morgan fingerprint density at radius 1 is 1.32 bits per heavy atom. The number of rotatable bonds is 4. The second kappa shape index (κ2) is 6.27. The lowest BCUT2D eigenvalue weighted by atomic mass is 10.0. The van der Waals surface area contributed by atoms with Gasteiger partial charge in [0.15, 0.2) is 0 Å². The molecule has 3 heteroatoms. The van der Waals surface area contributed by atoms with Gasteiger partial charge in [-0.1, -0.05) is 36.7 Å². The molecular formula is C16H25BrN2. The van der Waals surface area contributed by atoms with Crippen molar-refractivity contribution >= 4 is 21.6 Å². The third-order valence-electron chi connectivity index (χ3n) is 4.38. The molecule has 0 bridgehead atoms. The van der Waals surface area contributed by atoms with Gasteiger partial charge in [0.2, 0.25) is 0 Å². The Morgan fingerprint density at radius 2 is 1.95 bits per heavy atom. The van der Waals surface area contributed by atoms with Crippen molar-refractivity contribution in [3.63, 3.8) is 0 Å². The fourth-order valence-corrected chi connectivity index (χ4v) is 3.19. The lowest BCUT2D eigenvalue weighted by Gasteiger charge is -2.23. The summed E-state index contributed by atoms with van der Waals surface area (Å²) >= 11 is 3.58. The normalized spacial score (nSPS) is 24.8. The molecule has 2 nitrogen and oxygen atoms in total. The van der Waals surface area contributed by atoms with Crippen LogP contribution in [0.25, 0.3) is 0 Å². The van der Waals surface area contributed by atoms with Crippen LogP contribution in [0.2, 0.25) is 0 Å². The summed E-state index contributed by atoms with van der Waals surface area (Å²) < 4.78 is 1.15. The molecule has 1 aliphatic heterocycles. The van der Waals surface area contributed by atoms with Gasteiger partial charge >= 0.3 is 0 Å². The summed E-state index contributed by atoms with van der Waals surface area (Å²) in [6.07, 6.45) is 1.99. The van der Waals surface area contributed by atoms with Crippen LogP contribution in [0, 0.1) is 11.8 Å². The van der Waals surface area contributed by atoms with Crippen molar-refractivity contribution in [2.75, 3.05) is 18.0 Å². The van der Waals surface area contributed by atoms with Crippen LogP contribution in [0.1, 0.15) is 32.8 Å². The Kier molecular flexibility index (Phi) is 4.91. The molecule has 1 aromatic carbocycles. The number of nitrogens with zero attached hydrogens (tertiary/aromatic N) is 1. The molecule has 0 aromatic heterocycles. The van der Waals surface area contributed by atoms with E-state index in [0.29, 0.717) is 0 Å². The molecule has 1 fully saturated rings. The largest absolute Gasteiger partial charge is 0.371 e. The molecule has 0 aliphatic carbocycles. The highest BCUT2D eigenvalue weighted by Gasteiger charge is 2.27. The maximum atomic E-state index is 6.14. The average molecular weight is 325 g/mol. The van der Waals surface area contributed by atoms with E-state index in [1.165, 1.54) is 11.3 Å². The van der Waals surface area contributed by atoms with E-state index in [2.05, 4.69) is 59.8 Å². The molecule has 1 aromatic rings. The molecule has 2 rings (SSSR count). The zero-order valence-electron chi connectivity index (χ0n) is 12.2. The highest BCUT2D eigenvalue weighted by atomic mass is 79.9. The van der Waals surface area contributed by atoms with Crippen LogP contribution in [-0.4, -0.2) is 19.1 Å².